The molecule has 0 aromatic heterocycles. The fraction of sp³-hybridized carbons (Fsp3) is 0.462. The molecular weight excluding hydrogens is 172 g/mol. The number of aryl methyl sites for hydroxylation is 1. The van der Waals surface area contributed by atoms with E-state index in [1.807, 2.05) is 0 Å². The lowest BCUT2D eigenvalue weighted by Gasteiger charge is -2.25. The summed E-state index contributed by atoms with van der Waals surface area (Å²) in [6, 6.07) is 8.71. The van der Waals surface area contributed by atoms with Crippen molar-refractivity contribution in [1.82, 2.24) is 0 Å². The maximum Gasteiger partial charge on any atom is 0.0540 e. The molecule has 1 radical (unpaired) electrons. The van der Waals surface area contributed by atoms with Crippen molar-refractivity contribution in [1.29, 1.82) is 0 Å². The van der Waals surface area contributed by atoms with Crippen molar-refractivity contribution >= 4 is 0 Å². The maximum atomic E-state index is 9.40. The molecule has 1 aliphatic rings. The minimum absolute atomic E-state index is 0.0656. The molecule has 0 aliphatic heterocycles. The molecule has 1 aromatic carbocycles. The van der Waals surface area contributed by atoms with Crippen LogP contribution in [0.3, 0.4) is 0 Å². The fourth-order valence-corrected chi connectivity index (χ4v) is 2.03. The predicted molar refractivity (Wildman–Crippen MR) is 58.0 cm³/mol. The van der Waals surface area contributed by atoms with E-state index in [2.05, 4.69) is 31.2 Å². The zero-order valence-corrected chi connectivity index (χ0v) is 8.66. The summed E-state index contributed by atoms with van der Waals surface area (Å²) < 4.78 is 0. The smallest absolute Gasteiger partial charge is 0.0540 e. The molecule has 1 aromatic rings. The zero-order valence-electron chi connectivity index (χ0n) is 8.66. The second kappa shape index (κ2) is 4.14. The van der Waals surface area contributed by atoms with Gasteiger partial charge >= 0.3 is 0 Å². The first-order valence-electron chi connectivity index (χ1n) is 5.35. The average Bonchev–Trinajstić information content (AvgIpc) is 2.21. The Morgan fingerprint density at radius 2 is 1.64 bits per heavy atom. The first kappa shape index (κ1) is 9.72. The quantitative estimate of drug-likeness (QED) is 0.720. The minimum atomic E-state index is -0.0656. The Kier molecular flexibility index (Phi) is 2.87. The second-order valence-corrected chi connectivity index (χ2v) is 4.20. The minimum Gasteiger partial charge on any atom is -0.393 e. The Morgan fingerprint density at radius 1 is 1.07 bits per heavy atom. The molecule has 0 amide bonds. The largest absolute Gasteiger partial charge is 0.393 e. The molecule has 0 saturated heterocycles. The van der Waals surface area contributed by atoms with Crippen molar-refractivity contribution in [2.45, 2.75) is 38.7 Å². The van der Waals surface area contributed by atoms with Gasteiger partial charge in [-0.3, -0.25) is 0 Å². The number of hydrogen-bond acceptors (Lipinski definition) is 1. The molecule has 14 heavy (non-hydrogen) atoms. The van der Waals surface area contributed by atoms with Crippen LogP contribution in [0.4, 0.5) is 0 Å². The summed E-state index contributed by atoms with van der Waals surface area (Å²) in [4.78, 5) is 0. The van der Waals surface area contributed by atoms with Crippen molar-refractivity contribution in [2.75, 3.05) is 0 Å². The SMILES string of the molecule is Cc1ccc([C]2CCC(O)CC2)cc1. The lowest BCUT2D eigenvalue weighted by Crippen LogP contribution is -2.17. The number of rotatable bonds is 1. The van der Waals surface area contributed by atoms with Gasteiger partial charge in [0.25, 0.3) is 0 Å². The Hall–Kier alpha value is -0.820. The van der Waals surface area contributed by atoms with Gasteiger partial charge in [0.05, 0.1) is 6.10 Å². The molecule has 0 atom stereocenters. The molecular formula is C13H17O. The van der Waals surface area contributed by atoms with Crippen LogP contribution >= 0.6 is 0 Å². The third-order valence-corrected chi connectivity index (χ3v) is 3.02. The summed E-state index contributed by atoms with van der Waals surface area (Å²) in [6.07, 6.45) is 3.92. The number of aliphatic hydroxyl groups is 1. The molecule has 0 heterocycles. The highest BCUT2D eigenvalue weighted by atomic mass is 16.3. The third-order valence-electron chi connectivity index (χ3n) is 3.02. The van der Waals surface area contributed by atoms with Crippen molar-refractivity contribution < 1.29 is 5.11 Å². The van der Waals surface area contributed by atoms with E-state index in [0.717, 1.165) is 25.7 Å². The highest BCUT2D eigenvalue weighted by Gasteiger charge is 2.20. The second-order valence-electron chi connectivity index (χ2n) is 4.20. The van der Waals surface area contributed by atoms with Crippen LogP contribution in [0.15, 0.2) is 24.3 Å². The van der Waals surface area contributed by atoms with E-state index in [-0.39, 0.29) is 6.10 Å². The van der Waals surface area contributed by atoms with Crippen LogP contribution in [-0.2, 0) is 0 Å². The lowest BCUT2D eigenvalue weighted by atomic mass is 9.83. The van der Waals surface area contributed by atoms with E-state index in [1.54, 1.807) is 0 Å². The first-order valence-corrected chi connectivity index (χ1v) is 5.35. The first-order chi connectivity index (χ1) is 6.75. The number of hydrogen-bond donors (Lipinski definition) is 1. The van der Waals surface area contributed by atoms with Crippen LogP contribution in [0.1, 0.15) is 36.8 Å². The summed E-state index contributed by atoms with van der Waals surface area (Å²) in [5.74, 6) is 1.51. The molecule has 1 heteroatoms. The van der Waals surface area contributed by atoms with Crippen molar-refractivity contribution in [2.24, 2.45) is 0 Å². The Labute approximate surface area is 85.8 Å². The maximum absolute atomic E-state index is 9.40. The van der Waals surface area contributed by atoms with Gasteiger partial charge in [0.15, 0.2) is 0 Å². The van der Waals surface area contributed by atoms with Crippen LogP contribution in [0.2, 0.25) is 0 Å². The normalized spacial score (nSPS) is 19.9. The predicted octanol–water partition coefficient (Wildman–Crippen LogP) is 2.85. The highest BCUT2D eigenvalue weighted by Crippen LogP contribution is 2.31. The van der Waals surface area contributed by atoms with Gasteiger partial charge < -0.3 is 5.11 Å². The summed E-state index contributed by atoms with van der Waals surface area (Å²) in [5.41, 5.74) is 2.67. The molecule has 1 N–H and O–H groups in total. The van der Waals surface area contributed by atoms with Gasteiger partial charge in [-0.1, -0.05) is 29.8 Å². The number of aliphatic hydroxyl groups excluding tert-OH is 1. The fourth-order valence-electron chi connectivity index (χ4n) is 2.03. The van der Waals surface area contributed by atoms with Crippen molar-refractivity contribution in [3.8, 4) is 0 Å². The molecule has 75 valence electrons. The highest BCUT2D eigenvalue weighted by molar-refractivity contribution is 5.33. The van der Waals surface area contributed by atoms with Gasteiger partial charge in [-0.2, -0.15) is 0 Å². The molecule has 1 saturated carbocycles. The van der Waals surface area contributed by atoms with E-state index in [9.17, 15) is 5.11 Å². The topological polar surface area (TPSA) is 20.2 Å². The standard InChI is InChI=1S/C13H17O/c1-10-2-4-11(5-3-10)12-6-8-13(14)9-7-12/h2-5,13-14H,6-9H2,1H3. The molecule has 0 unspecified atom stereocenters. The van der Waals surface area contributed by atoms with E-state index >= 15 is 0 Å². The van der Waals surface area contributed by atoms with E-state index in [1.165, 1.54) is 17.0 Å². The molecule has 1 nitrogen and oxygen atoms in total. The summed E-state index contributed by atoms with van der Waals surface area (Å²) in [5, 5.41) is 9.40. The molecule has 2 rings (SSSR count). The molecule has 0 spiro atoms. The Morgan fingerprint density at radius 3 is 2.21 bits per heavy atom. The molecule has 1 aliphatic carbocycles. The zero-order chi connectivity index (χ0) is 9.97. The lowest BCUT2D eigenvalue weighted by molar-refractivity contribution is 0.138. The number of benzene rings is 1. The van der Waals surface area contributed by atoms with Gasteiger partial charge in [0.2, 0.25) is 0 Å². The van der Waals surface area contributed by atoms with Gasteiger partial charge in [-0.25, -0.2) is 0 Å². The Bertz CT molecular complexity index is 281. The van der Waals surface area contributed by atoms with Crippen LogP contribution in [-0.4, -0.2) is 11.2 Å². The van der Waals surface area contributed by atoms with Gasteiger partial charge in [0, 0.05) is 5.92 Å². The van der Waals surface area contributed by atoms with Crippen LogP contribution in [0.25, 0.3) is 0 Å². The Balaban J connectivity index is 2.05. The monoisotopic (exact) mass is 189 g/mol. The van der Waals surface area contributed by atoms with Gasteiger partial charge in [0.1, 0.15) is 0 Å². The van der Waals surface area contributed by atoms with E-state index in [0.29, 0.717) is 0 Å². The molecule has 0 bridgehead atoms. The summed E-state index contributed by atoms with van der Waals surface area (Å²) in [6.45, 7) is 2.11. The van der Waals surface area contributed by atoms with E-state index in [4.69, 9.17) is 0 Å². The van der Waals surface area contributed by atoms with Crippen LogP contribution in [0.5, 0.6) is 0 Å². The van der Waals surface area contributed by atoms with E-state index < -0.39 is 0 Å². The van der Waals surface area contributed by atoms with Crippen LogP contribution in [0, 0.1) is 12.8 Å². The van der Waals surface area contributed by atoms with Crippen LogP contribution < -0.4 is 0 Å². The average molecular weight is 189 g/mol. The van der Waals surface area contributed by atoms with Crippen molar-refractivity contribution in [3.05, 3.63) is 41.3 Å². The van der Waals surface area contributed by atoms with Gasteiger partial charge in [-0.05, 0) is 38.2 Å². The van der Waals surface area contributed by atoms with Gasteiger partial charge in [-0.15, -0.1) is 0 Å². The van der Waals surface area contributed by atoms with Crippen molar-refractivity contribution in [3.63, 3.8) is 0 Å². The molecule has 1 fully saturated rings. The summed E-state index contributed by atoms with van der Waals surface area (Å²) >= 11 is 0. The third kappa shape index (κ3) is 2.16. The summed E-state index contributed by atoms with van der Waals surface area (Å²) in [7, 11) is 0.